The lowest BCUT2D eigenvalue weighted by atomic mass is 10.1. The Kier molecular flexibility index (Phi) is 6.29. The SMILES string of the molecule is CSc1cccc(NC(=O)c2cc3ccccc3o/c2=N/NS(=O)(=O)c2ccccc2)c1. The normalized spacial score (nSPS) is 12.0. The molecule has 4 aromatic rings. The van der Waals surface area contributed by atoms with E-state index in [4.69, 9.17) is 4.42 Å². The maximum Gasteiger partial charge on any atom is 0.276 e. The average Bonchev–Trinajstić information content (AvgIpc) is 2.83. The van der Waals surface area contributed by atoms with E-state index in [1.165, 1.54) is 12.1 Å². The lowest BCUT2D eigenvalue weighted by Gasteiger charge is -2.08. The Morgan fingerprint density at radius 2 is 1.69 bits per heavy atom. The molecular formula is C23H19N3O4S2. The summed E-state index contributed by atoms with van der Waals surface area (Å²) in [5, 5.41) is 7.43. The molecule has 0 fully saturated rings. The molecule has 0 saturated heterocycles. The zero-order valence-electron chi connectivity index (χ0n) is 17.0. The Morgan fingerprint density at radius 1 is 0.938 bits per heavy atom. The van der Waals surface area contributed by atoms with Gasteiger partial charge in [0.05, 0.1) is 4.90 Å². The van der Waals surface area contributed by atoms with Crippen molar-refractivity contribution in [2.45, 2.75) is 9.79 Å². The predicted octanol–water partition coefficient (Wildman–Crippen LogP) is 4.20. The van der Waals surface area contributed by atoms with Gasteiger partial charge in [-0.3, -0.25) is 4.79 Å². The fourth-order valence-electron chi connectivity index (χ4n) is 2.97. The summed E-state index contributed by atoms with van der Waals surface area (Å²) < 4.78 is 30.9. The molecule has 0 spiro atoms. The van der Waals surface area contributed by atoms with Crippen LogP contribution in [0.4, 0.5) is 5.69 Å². The first-order valence-corrected chi connectivity index (χ1v) is 12.3. The molecule has 7 nitrogen and oxygen atoms in total. The summed E-state index contributed by atoms with van der Waals surface area (Å²) in [5.41, 5.74) is 1.01. The van der Waals surface area contributed by atoms with E-state index in [1.807, 2.05) is 30.5 Å². The van der Waals surface area contributed by atoms with Crippen LogP contribution in [0.1, 0.15) is 10.4 Å². The molecule has 0 atom stereocenters. The van der Waals surface area contributed by atoms with Crippen LogP contribution in [0, 0.1) is 0 Å². The molecule has 32 heavy (non-hydrogen) atoms. The molecule has 3 aromatic carbocycles. The predicted molar refractivity (Wildman–Crippen MR) is 125 cm³/mol. The van der Waals surface area contributed by atoms with Crippen LogP contribution in [0.5, 0.6) is 0 Å². The minimum atomic E-state index is -3.93. The van der Waals surface area contributed by atoms with E-state index in [9.17, 15) is 13.2 Å². The Morgan fingerprint density at radius 3 is 2.47 bits per heavy atom. The molecule has 0 aliphatic heterocycles. The van der Waals surface area contributed by atoms with Crippen LogP contribution in [-0.4, -0.2) is 20.6 Å². The van der Waals surface area contributed by atoms with E-state index in [1.54, 1.807) is 60.3 Å². The van der Waals surface area contributed by atoms with Crippen molar-refractivity contribution in [1.82, 2.24) is 4.83 Å². The summed E-state index contributed by atoms with van der Waals surface area (Å²) in [6.07, 6.45) is 1.94. The van der Waals surface area contributed by atoms with Gasteiger partial charge in [0.2, 0.25) is 5.55 Å². The van der Waals surface area contributed by atoms with Gasteiger partial charge < -0.3 is 9.73 Å². The number of anilines is 1. The molecule has 0 aliphatic rings. The third-order valence-electron chi connectivity index (χ3n) is 4.55. The number of carbonyl (C=O) groups is 1. The minimum absolute atomic E-state index is 0.0458. The second-order valence-corrected chi connectivity index (χ2v) is 9.25. The summed E-state index contributed by atoms with van der Waals surface area (Å²) in [7, 11) is -3.93. The number of nitrogens with zero attached hydrogens (tertiary/aromatic N) is 1. The van der Waals surface area contributed by atoms with Gasteiger partial charge in [0.15, 0.2) is 0 Å². The first-order chi connectivity index (χ1) is 15.5. The molecule has 4 rings (SSSR count). The minimum Gasteiger partial charge on any atom is -0.436 e. The highest BCUT2D eigenvalue weighted by Crippen LogP contribution is 2.20. The van der Waals surface area contributed by atoms with E-state index >= 15 is 0 Å². The number of hydrogen-bond donors (Lipinski definition) is 2. The van der Waals surface area contributed by atoms with Crippen LogP contribution in [0.25, 0.3) is 11.0 Å². The topological polar surface area (TPSA) is 101 Å². The van der Waals surface area contributed by atoms with Gasteiger partial charge in [0.1, 0.15) is 11.1 Å². The Bertz CT molecular complexity index is 1450. The van der Waals surface area contributed by atoms with Gasteiger partial charge in [-0.05, 0) is 48.7 Å². The fourth-order valence-corrected chi connectivity index (χ4v) is 4.25. The molecule has 1 aromatic heterocycles. The second kappa shape index (κ2) is 9.29. The third-order valence-corrected chi connectivity index (χ3v) is 6.50. The van der Waals surface area contributed by atoms with Crippen LogP contribution in [0.2, 0.25) is 0 Å². The van der Waals surface area contributed by atoms with Crippen molar-refractivity contribution in [1.29, 1.82) is 0 Å². The average molecular weight is 466 g/mol. The van der Waals surface area contributed by atoms with Gasteiger partial charge >= 0.3 is 0 Å². The number of fused-ring (bicyclic) bond motifs is 1. The van der Waals surface area contributed by atoms with Gasteiger partial charge in [-0.25, -0.2) is 0 Å². The summed E-state index contributed by atoms with van der Waals surface area (Å²) in [5.74, 6) is -0.476. The van der Waals surface area contributed by atoms with Crippen molar-refractivity contribution in [2.75, 3.05) is 11.6 Å². The summed E-state index contributed by atoms with van der Waals surface area (Å²) >= 11 is 1.55. The van der Waals surface area contributed by atoms with Gasteiger partial charge in [-0.2, -0.15) is 13.2 Å². The van der Waals surface area contributed by atoms with Gasteiger partial charge in [-0.1, -0.05) is 42.5 Å². The van der Waals surface area contributed by atoms with Crippen LogP contribution >= 0.6 is 11.8 Å². The van der Waals surface area contributed by atoms with Crippen LogP contribution < -0.4 is 15.7 Å². The number of sulfonamides is 1. The molecule has 0 bridgehead atoms. The van der Waals surface area contributed by atoms with E-state index in [2.05, 4.69) is 15.2 Å². The number of carbonyl (C=O) groups excluding carboxylic acids is 1. The molecule has 1 amide bonds. The molecule has 0 unspecified atom stereocenters. The van der Waals surface area contributed by atoms with Crippen molar-refractivity contribution < 1.29 is 17.6 Å². The van der Waals surface area contributed by atoms with Crippen molar-refractivity contribution in [3.05, 3.63) is 96.0 Å². The van der Waals surface area contributed by atoms with Gasteiger partial charge in [0, 0.05) is 16.0 Å². The Hall–Kier alpha value is -3.56. The number of amides is 1. The molecular weight excluding hydrogens is 446 g/mol. The lowest BCUT2D eigenvalue weighted by Crippen LogP contribution is -2.27. The first-order valence-electron chi connectivity index (χ1n) is 9.55. The van der Waals surface area contributed by atoms with Crippen LogP contribution in [-0.2, 0) is 10.0 Å². The van der Waals surface area contributed by atoms with Crippen molar-refractivity contribution in [3.63, 3.8) is 0 Å². The Labute approximate surface area is 189 Å². The summed E-state index contributed by atoms with van der Waals surface area (Å²) in [4.78, 5) is 16.2. The van der Waals surface area contributed by atoms with Crippen LogP contribution in [0.3, 0.4) is 0 Å². The van der Waals surface area contributed by atoms with E-state index in [0.717, 1.165) is 4.90 Å². The van der Waals surface area contributed by atoms with Crippen LogP contribution in [0.15, 0.2) is 104 Å². The summed E-state index contributed by atoms with van der Waals surface area (Å²) in [6.45, 7) is 0. The molecule has 162 valence electrons. The third kappa shape index (κ3) is 4.84. The molecule has 1 heterocycles. The number of para-hydroxylation sites is 1. The summed E-state index contributed by atoms with van der Waals surface area (Å²) in [6, 6.07) is 23.9. The Balaban J connectivity index is 1.75. The molecule has 2 N–H and O–H groups in total. The van der Waals surface area contributed by atoms with E-state index in [-0.39, 0.29) is 16.0 Å². The van der Waals surface area contributed by atoms with E-state index < -0.39 is 15.9 Å². The maximum atomic E-state index is 13.1. The quantitative estimate of drug-likeness (QED) is 0.328. The van der Waals surface area contributed by atoms with Crippen molar-refractivity contribution in [2.24, 2.45) is 5.10 Å². The highest BCUT2D eigenvalue weighted by Gasteiger charge is 2.16. The number of hydrogen-bond acceptors (Lipinski definition) is 6. The number of nitrogens with one attached hydrogen (secondary N) is 2. The zero-order valence-corrected chi connectivity index (χ0v) is 18.6. The molecule has 9 heteroatoms. The zero-order chi connectivity index (χ0) is 22.6. The van der Waals surface area contributed by atoms with Gasteiger partial charge in [-0.15, -0.1) is 16.9 Å². The monoisotopic (exact) mass is 465 g/mol. The van der Waals surface area contributed by atoms with E-state index in [0.29, 0.717) is 16.7 Å². The molecule has 0 radical (unpaired) electrons. The smallest absolute Gasteiger partial charge is 0.276 e. The standard InChI is InChI=1S/C23H19N3O4S2/c1-31-18-10-7-9-17(15-18)24-22(27)20-14-16-8-5-6-13-21(16)30-23(20)25-26-32(28,29)19-11-3-2-4-12-19/h2-15,26H,1H3,(H,24,27)/b25-23+. The highest BCUT2D eigenvalue weighted by molar-refractivity contribution is 7.98. The molecule has 0 saturated carbocycles. The molecule has 0 aliphatic carbocycles. The lowest BCUT2D eigenvalue weighted by molar-refractivity contribution is 0.102. The highest BCUT2D eigenvalue weighted by atomic mass is 32.2. The fraction of sp³-hybridized carbons (Fsp3) is 0.0435. The second-order valence-electron chi connectivity index (χ2n) is 6.71. The number of rotatable bonds is 6. The van der Waals surface area contributed by atoms with Crippen molar-refractivity contribution in [3.8, 4) is 0 Å². The largest absolute Gasteiger partial charge is 0.436 e. The number of thioether (sulfide) groups is 1. The number of benzene rings is 3. The van der Waals surface area contributed by atoms with Gasteiger partial charge in [0.25, 0.3) is 15.9 Å². The maximum absolute atomic E-state index is 13.1. The van der Waals surface area contributed by atoms with Crippen molar-refractivity contribution >= 4 is 44.3 Å². The first kappa shape index (κ1) is 21.7.